The number of nitrogens with zero attached hydrogens (tertiary/aromatic N) is 3. The van der Waals surface area contributed by atoms with Crippen molar-refractivity contribution < 1.29 is 9.90 Å². The molecule has 134 valence electrons. The first-order chi connectivity index (χ1) is 12.0. The molecule has 5 nitrogen and oxygen atoms in total. The van der Waals surface area contributed by atoms with Crippen LogP contribution in [0, 0.1) is 12.8 Å². The summed E-state index contributed by atoms with van der Waals surface area (Å²) in [4.78, 5) is 14.4. The van der Waals surface area contributed by atoms with Crippen LogP contribution in [0.25, 0.3) is 0 Å². The van der Waals surface area contributed by atoms with Crippen molar-refractivity contribution in [3.05, 3.63) is 52.3 Å². The molecule has 25 heavy (non-hydrogen) atoms. The Bertz CT molecular complexity index is 737. The minimum Gasteiger partial charge on any atom is -0.392 e. The molecule has 2 heterocycles. The molecular weight excluding hydrogens is 338 g/mol. The molecule has 6 heteroatoms. The monoisotopic (exact) mass is 361 g/mol. The summed E-state index contributed by atoms with van der Waals surface area (Å²) in [5.74, 6) is 0.0925. The molecule has 1 aromatic carbocycles. The van der Waals surface area contributed by atoms with E-state index in [2.05, 4.69) is 5.10 Å². The van der Waals surface area contributed by atoms with Crippen LogP contribution in [-0.2, 0) is 13.5 Å². The SMILES string of the molecule is Cc1c(Cl)c(C(=O)N2CCC(C(O)Cc3ccccc3)CC2)nn1C. The highest BCUT2D eigenvalue weighted by Gasteiger charge is 2.30. The molecule has 1 fully saturated rings. The van der Waals surface area contributed by atoms with Crippen LogP contribution >= 0.6 is 11.6 Å². The number of aryl methyl sites for hydroxylation is 1. The number of aliphatic hydroxyl groups is 1. The van der Waals surface area contributed by atoms with E-state index in [0.717, 1.165) is 24.1 Å². The Hall–Kier alpha value is -1.85. The topological polar surface area (TPSA) is 58.4 Å². The molecule has 1 unspecified atom stereocenters. The number of piperidine rings is 1. The van der Waals surface area contributed by atoms with Crippen LogP contribution < -0.4 is 0 Å². The number of carbonyl (C=O) groups is 1. The molecule has 1 N–H and O–H groups in total. The van der Waals surface area contributed by atoms with Crippen LogP contribution in [0.1, 0.15) is 34.6 Å². The fourth-order valence-electron chi connectivity index (χ4n) is 3.38. The van der Waals surface area contributed by atoms with Gasteiger partial charge >= 0.3 is 0 Å². The zero-order valence-corrected chi connectivity index (χ0v) is 15.4. The predicted octanol–water partition coefficient (Wildman–Crippen LogP) is 2.84. The Morgan fingerprint density at radius 1 is 1.32 bits per heavy atom. The van der Waals surface area contributed by atoms with Gasteiger partial charge in [-0.25, -0.2) is 0 Å². The van der Waals surface area contributed by atoms with Gasteiger partial charge in [0, 0.05) is 20.1 Å². The molecule has 0 radical (unpaired) electrons. The van der Waals surface area contributed by atoms with Crippen LogP contribution in [0.3, 0.4) is 0 Å². The van der Waals surface area contributed by atoms with E-state index in [1.165, 1.54) is 0 Å². The van der Waals surface area contributed by atoms with Crippen LogP contribution in [-0.4, -0.2) is 44.9 Å². The highest BCUT2D eigenvalue weighted by Crippen LogP contribution is 2.26. The zero-order chi connectivity index (χ0) is 18.0. The second-order valence-electron chi connectivity index (χ2n) is 6.76. The first-order valence-corrected chi connectivity index (χ1v) is 9.05. The zero-order valence-electron chi connectivity index (χ0n) is 14.7. The minimum absolute atomic E-state index is 0.121. The lowest BCUT2D eigenvalue weighted by Crippen LogP contribution is -2.42. The van der Waals surface area contributed by atoms with Crippen molar-refractivity contribution >= 4 is 17.5 Å². The van der Waals surface area contributed by atoms with Crippen LogP contribution in [0.2, 0.25) is 5.02 Å². The summed E-state index contributed by atoms with van der Waals surface area (Å²) in [7, 11) is 1.78. The molecule has 1 aliphatic heterocycles. The van der Waals surface area contributed by atoms with Crippen LogP contribution in [0.5, 0.6) is 0 Å². The number of aliphatic hydroxyl groups excluding tert-OH is 1. The number of rotatable bonds is 4. The van der Waals surface area contributed by atoms with Gasteiger partial charge in [-0.1, -0.05) is 41.9 Å². The fraction of sp³-hybridized carbons (Fsp3) is 0.474. The molecule has 0 saturated carbocycles. The van der Waals surface area contributed by atoms with E-state index >= 15 is 0 Å². The smallest absolute Gasteiger partial charge is 0.275 e. The Balaban J connectivity index is 1.58. The lowest BCUT2D eigenvalue weighted by atomic mass is 9.88. The van der Waals surface area contributed by atoms with E-state index in [9.17, 15) is 9.90 Å². The Morgan fingerprint density at radius 2 is 1.96 bits per heavy atom. The quantitative estimate of drug-likeness (QED) is 0.911. The van der Waals surface area contributed by atoms with Crippen molar-refractivity contribution in [2.45, 2.75) is 32.3 Å². The van der Waals surface area contributed by atoms with E-state index in [4.69, 9.17) is 11.6 Å². The summed E-state index contributed by atoms with van der Waals surface area (Å²) in [5.41, 5.74) is 2.26. The third-order valence-electron chi connectivity index (χ3n) is 5.12. The van der Waals surface area contributed by atoms with Gasteiger partial charge in [0.1, 0.15) is 0 Å². The lowest BCUT2D eigenvalue weighted by Gasteiger charge is -2.34. The number of amides is 1. The van der Waals surface area contributed by atoms with Crippen LogP contribution in [0.15, 0.2) is 30.3 Å². The van der Waals surface area contributed by atoms with Gasteiger partial charge in [-0.15, -0.1) is 0 Å². The van der Waals surface area contributed by atoms with Gasteiger partial charge in [0.25, 0.3) is 5.91 Å². The summed E-state index contributed by atoms with van der Waals surface area (Å²) in [6.45, 7) is 3.10. The van der Waals surface area contributed by atoms with Crippen molar-refractivity contribution in [2.24, 2.45) is 13.0 Å². The van der Waals surface area contributed by atoms with Gasteiger partial charge in [0.15, 0.2) is 5.69 Å². The minimum atomic E-state index is -0.375. The summed E-state index contributed by atoms with van der Waals surface area (Å²) in [6, 6.07) is 10.0. The van der Waals surface area contributed by atoms with Crippen molar-refractivity contribution in [2.75, 3.05) is 13.1 Å². The Labute approximate surface area is 153 Å². The number of benzene rings is 1. The maximum absolute atomic E-state index is 12.7. The Morgan fingerprint density at radius 3 is 2.52 bits per heavy atom. The standard InChI is InChI=1S/C19H24ClN3O2/c1-13-17(20)18(21-22(13)2)19(25)23-10-8-15(9-11-23)16(24)12-14-6-4-3-5-7-14/h3-7,15-16,24H,8-12H2,1-2H3. The highest BCUT2D eigenvalue weighted by atomic mass is 35.5. The molecule has 1 atom stereocenters. The molecular formula is C19H24ClN3O2. The van der Waals surface area contributed by atoms with Gasteiger partial charge in [-0.05, 0) is 37.7 Å². The molecule has 0 spiro atoms. The van der Waals surface area contributed by atoms with E-state index in [1.54, 1.807) is 16.6 Å². The first-order valence-electron chi connectivity index (χ1n) is 8.67. The van der Waals surface area contributed by atoms with Gasteiger partial charge in [-0.3, -0.25) is 9.48 Å². The lowest BCUT2D eigenvalue weighted by molar-refractivity contribution is 0.0463. The van der Waals surface area contributed by atoms with Gasteiger partial charge in [-0.2, -0.15) is 5.10 Å². The number of hydrogen-bond acceptors (Lipinski definition) is 3. The second-order valence-corrected chi connectivity index (χ2v) is 7.14. The molecule has 0 aliphatic carbocycles. The van der Waals surface area contributed by atoms with Crippen LogP contribution in [0.4, 0.5) is 0 Å². The summed E-state index contributed by atoms with van der Waals surface area (Å²) >= 11 is 6.23. The van der Waals surface area contributed by atoms with Crippen molar-refractivity contribution in [3.8, 4) is 0 Å². The summed E-state index contributed by atoms with van der Waals surface area (Å²) in [5, 5.41) is 15.2. The van der Waals surface area contributed by atoms with Crippen molar-refractivity contribution in [1.29, 1.82) is 0 Å². The predicted molar refractivity (Wildman–Crippen MR) is 97.7 cm³/mol. The molecule has 1 amide bonds. The number of halogens is 1. The summed E-state index contributed by atoms with van der Waals surface area (Å²) < 4.78 is 1.63. The maximum atomic E-state index is 12.7. The van der Waals surface area contributed by atoms with E-state index in [0.29, 0.717) is 30.2 Å². The number of likely N-dealkylation sites (tertiary alicyclic amines) is 1. The van der Waals surface area contributed by atoms with Crippen molar-refractivity contribution in [3.63, 3.8) is 0 Å². The molecule has 1 saturated heterocycles. The molecule has 0 bridgehead atoms. The maximum Gasteiger partial charge on any atom is 0.275 e. The van der Waals surface area contributed by atoms with E-state index in [-0.39, 0.29) is 17.9 Å². The molecule has 1 aliphatic rings. The first kappa shape index (κ1) is 18.0. The normalized spacial score (nSPS) is 16.9. The fourth-order valence-corrected chi connectivity index (χ4v) is 3.62. The third kappa shape index (κ3) is 3.88. The number of aromatic nitrogens is 2. The van der Waals surface area contributed by atoms with Gasteiger partial charge in [0.05, 0.1) is 16.8 Å². The molecule has 2 aromatic rings. The Kier molecular flexibility index (Phi) is 5.45. The number of carbonyl (C=O) groups excluding carboxylic acids is 1. The highest BCUT2D eigenvalue weighted by molar-refractivity contribution is 6.34. The van der Waals surface area contributed by atoms with E-state index in [1.807, 2.05) is 37.3 Å². The summed E-state index contributed by atoms with van der Waals surface area (Å²) in [6.07, 6.45) is 1.87. The van der Waals surface area contributed by atoms with E-state index < -0.39 is 0 Å². The molecule has 3 rings (SSSR count). The van der Waals surface area contributed by atoms with Crippen molar-refractivity contribution in [1.82, 2.24) is 14.7 Å². The second kappa shape index (κ2) is 7.58. The average molecular weight is 362 g/mol. The largest absolute Gasteiger partial charge is 0.392 e. The third-order valence-corrected chi connectivity index (χ3v) is 5.57. The number of hydrogen-bond donors (Lipinski definition) is 1. The molecule has 1 aromatic heterocycles. The van der Waals surface area contributed by atoms with Gasteiger partial charge < -0.3 is 10.0 Å². The average Bonchev–Trinajstić information content (AvgIpc) is 2.89. The van der Waals surface area contributed by atoms with Gasteiger partial charge in [0.2, 0.25) is 0 Å².